The van der Waals surface area contributed by atoms with Gasteiger partial charge in [0, 0.05) is 38.5 Å². The van der Waals surface area contributed by atoms with Gasteiger partial charge in [0.25, 0.3) is 0 Å². The number of nitrogens with zero attached hydrogens (tertiary/aromatic N) is 4. The molecule has 51 heavy (non-hydrogen) atoms. The molecule has 0 spiro atoms. The first kappa shape index (κ1) is 29.3. The minimum absolute atomic E-state index is 0.0308. The second kappa shape index (κ2) is 11.8. The second-order valence-corrected chi connectivity index (χ2v) is 13.2. The van der Waals surface area contributed by atoms with Crippen molar-refractivity contribution >= 4 is 21.8 Å². The molecule has 1 aliphatic carbocycles. The molecule has 2 atom stereocenters. The molecule has 0 saturated carbocycles. The summed E-state index contributed by atoms with van der Waals surface area (Å²) < 4.78 is 9.13. The van der Waals surface area contributed by atoms with Gasteiger partial charge in [0.15, 0.2) is 11.6 Å². The summed E-state index contributed by atoms with van der Waals surface area (Å²) >= 11 is 0. The fraction of sp³-hybridized carbons (Fsp3) is 0.0652. The average Bonchev–Trinajstić information content (AvgIpc) is 3.73. The predicted octanol–water partition coefficient (Wildman–Crippen LogP) is 11.1. The Kier molecular flexibility index (Phi) is 6.78. The molecule has 0 N–H and O–H groups in total. The van der Waals surface area contributed by atoms with Gasteiger partial charge in [0.05, 0.1) is 12.0 Å². The largest absolute Gasteiger partial charge is 0.461 e. The molecule has 242 valence electrons. The molecule has 2 aromatic heterocycles. The first-order chi connectivity index (χ1) is 25.2. The molecular formula is C46H32N4O. The van der Waals surface area contributed by atoms with E-state index in [0.29, 0.717) is 17.5 Å². The average molecular weight is 657 g/mol. The molecule has 2 aliphatic rings. The number of benzene rings is 6. The molecule has 0 fully saturated rings. The number of hydrogen-bond acceptors (Lipinski definition) is 4. The van der Waals surface area contributed by atoms with Gasteiger partial charge < -0.3 is 9.30 Å². The van der Waals surface area contributed by atoms with E-state index in [9.17, 15) is 0 Å². The normalized spacial score (nSPS) is 16.1. The van der Waals surface area contributed by atoms with Crippen LogP contribution in [0, 0.1) is 6.92 Å². The SMILES string of the molecule is Cc1nc(-c2cccc(-c3ccccc3)c2)nc(-c2ccc3c(c2)OC2=CC=CC(n4c5ccccc5c5cc(-c6ccccc6)ccc54)C23)n1. The summed E-state index contributed by atoms with van der Waals surface area (Å²) in [6.07, 6.45) is 6.54. The number of aromatic nitrogens is 4. The molecule has 5 nitrogen and oxygen atoms in total. The Morgan fingerprint density at radius 3 is 1.94 bits per heavy atom. The number of rotatable bonds is 5. The van der Waals surface area contributed by atoms with Crippen molar-refractivity contribution in [1.29, 1.82) is 0 Å². The maximum absolute atomic E-state index is 6.64. The Morgan fingerprint density at radius 1 is 0.529 bits per heavy atom. The summed E-state index contributed by atoms with van der Waals surface area (Å²) in [7, 11) is 0. The molecule has 0 saturated heterocycles. The fourth-order valence-corrected chi connectivity index (χ4v) is 7.81. The van der Waals surface area contributed by atoms with Crippen LogP contribution in [0.3, 0.4) is 0 Å². The first-order valence-corrected chi connectivity index (χ1v) is 17.4. The van der Waals surface area contributed by atoms with Crippen LogP contribution in [-0.4, -0.2) is 19.5 Å². The van der Waals surface area contributed by atoms with Gasteiger partial charge in [-0.2, -0.15) is 0 Å². The van der Waals surface area contributed by atoms with Gasteiger partial charge >= 0.3 is 0 Å². The highest BCUT2D eigenvalue weighted by atomic mass is 16.5. The lowest BCUT2D eigenvalue weighted by Crippen LogP contribution is -2.18. The Bertz CT molecular complexity index is 2690. The van der Waals surface area contributed by atoms with Crippen LogP contribution >= 0.6 is 0 Å². The summed E-state index contributed by atoms with van der Waals surface area (Å²) in [6.45, 7) is 1.92. The minimum atomic E-state index is 0.0308. The van der Waals surface area contributed by atoms with Crippen LogP contribution in [0.2, 0.25) is 0 Å². The molecule has 10 rings (SSSR count). The Labute approximate surface area is 295 Å². The summed E-state index contributed by atoms with van der Waals surface area (Å²) in [5, 5.41) is 2.50. The van der Waals surface area contributed by atoms with Gasteiger partial charge in [0.2, 0.25) is 0 Å². The number of fused-ring (bicyclic) bond motifs is 6. The van der Waals surface area contributed by atoms with E-state index < -0.39 is 0 Å². The van der Waals surface area contributed by atoms with Gasteiger partial charge in [-0.15, -0.1) is 0 Å². The molecule has 1 aliphatic heterocycles. The zero-order chi connectivity index (χ0) is 33.9. The van der Waals surface area contributed by atoms with Crippen molar-refractivity contribution in [3.05, 3.63) is 181 Å². The van der Waals surface area contributed by atoms with Crippen LogP contribution in [-0.2, 0) is 0 Å². The van der Waals surface area contributed by atoms with Crippen molar-refractivity contribution in [3.63, 3.8) is 0 Å². The third-order valence-electron chi connectivity index (χ3n) is 10.1. The van der Waals surface area contributed by atoms with E-state index in [1.54, 1.807) is 0 Å². The molecular weight excluding hydrogens is 625 g/mol. The summed E-state index contributed by atoms with van der Waals surface area (Å²) in [5.41, 5.74) is 10.1. The Balaban J connectivity index is 1.03. The van der Waals surface area contributed by atoms with Gasteiger partial charge in [-0.25, -0.2) is 15.0 Å². The van der Waals surface area contributed by atoms with Crippen molar-refractivity contribution < 1.29 is 4.74 Å². The smallest absolute Gasteiger partial charge is 0.163 e. The molecule has 8 aromatic rings. The lowest BCUT2D eigenvalue weighted by atomic mass is 9.87. The van der Waals surface area contributed by atoms with Gasteiger partial charge in [0.1, 0.15) is 17.3 Å². The Hall–Kier alpha value is -6.59. The highest BCUT2D eigenvalue weighted by Crippen LogP contribution is 2.51. The van der Waals surface area contributed by atoms with Gasteiger partial charge in [-0.1, -0.05) is 127 Å². The maximum Gasteiger partial charge on any atom is 0.163 e. The van der Waals surface area contributed by atoms with Crippen molar-refractivity contribution in [2.24, 2.45) is 0 Å². The maximum atomic E-state index is 6.64. The molecule has 0 radical (unpaired) electrons. The molecule has 0 amide bonds. The van der Waals surface area contributed by atoms with Crippen LogP contribution in [0.4, 0.5) is 0 Å². The molecule has 6 aromatic carbocycles. The lowest BCUT2D eigenvalue weighted by molar-refractivity contribution is 0.398. The topological polar surface area (TPSA) is 52.8 Å². The van der Waals surface area contributed by atoms with E-state index in [0.717, 1.165) is 39.3 Å². The molecule has 0 bridgehead atoms. The van der Waals surface area contributed by atoms with Gasteiger partial charge in [-0.05, 0) is 65.6 Å². The lowest BCUT2D eigenvalue weighted by Gasteiger charge is -2.27. The third kappa shape index (κ3) is 4.97. The molecule has 2 unspecified atom stereocenters. The quantitative estimate of drug-likeness (QED) is 0.185. The van der Waals surface area contributed by atoms with Crippen LogP contribution in [0.5, 0.6) is 5.75 Å². The van der Waals surface area contributed by atoms with E-state index in [2.05, 4.69) is 162 Å². The van der Waals surface area contributed by atoms with E-state index in [4.69, 9.17) is 19.7 Å². The first-order valence-electron chi connectivity index (χ1n) is 17.4. The summed E-state index contributed by atoms with van der Waals surface area (Å²) in [6, 6.07) is 51.4. The number of aryl methyl sites for hydroxylation is 1. The standard InChI is InChI=1S/C46H32N4O/c1-29-47-45(34-17-10-16-32(26-34)30-12-4-2-5-13-30)49-46(48-29)35-22-24-37-43(28-35)51-42-21-11-20-41(44(37)42)50-39-19-9-8-18-36(39)38-27-33(23-25-40(38)50)31-14-6-3-7-15-31/h2-28,41,44H,1H3. The van der Waals surface area contributed by atoms with Gasteiger partial charge in [-0.3, -0.25) is 0 Å². The molecule has 3 heterocycles. The summed E-state index contributed by atoms with van der Waals surface area (Å²) in [4.78, 5) is 14.5. The molecule has 5 heteroatoms. The van der Waals surface area contributed by atoms with Crippen molar-refractivity contribution in [3.8, 4) is 50.8 Å². The van der Waals surface area contributed by atoms with E-state index in [-0.39, 0.29) is 12.0 Å². The van der Waals surface area contributed by atoms with Crippen molar-refractivity contribution in [2.45, 2.75) is 18.9 Å². The van der Waals surface area contributed by atoms with Crippen molar-refractivity contribution in [1.82, 2.24) is 19.5 Å². The van der Waals surface area contributed by atoms with Crippen molar-refractivity contribution in [2.75, 3.05) is 0 Å². The second-order valence-electron chi connectivity index (χ2n) is 13.2. The number of hydrogen-bond donors (Lipinski definition) is 0. The number of para-hydroxylation sites is 1. The van der Waals surface area contributed by atoms with E-state index >= 15 is 0 Å². The highest BCUT2D eigenvalue weighted by molar-refractivity contribution is 6.09. The van der Waals surface area contributed by atoms with Crippen LogP contribution in [0.1, 0.15) is 23.3 Å². The van der Waals surface area contributed by atoms with Crippen LogP contribution < -0.4 is 4.74 Å². The highest BCUT2D eigenvalue weighted by Gasteiger charge is 2.38. The van der Waals surface area contributed by atoms with E-state index in [1.807, 2.05) is 13.0 Å². The number of allylic oxidation sites excluding steroid dienone is 4. The Morgan fingerprint density at radius 2 is 1.16 bits per heavy atom. The third-order valence-corrected chi connectivity index (χ3v) is 10.1. The fourth-order valence-electron chi connectivity index (χ4n) is 7.81. The predicted molar refractivity (Wildman–Crippen MR) is 205 cm³/mol. The minimum Gasteiger partial charge on any atom is -0.461 e. The zero-order valence-electron chi connectivity index (χ0n) is 27.9. The van der Waals surface area contributed by atoms with Crippen LogP contribution in [0.15, 0.2) is 170 Å². The zero-order valence-corrected chi connectivity index (χ0v) is 27.9. The van der Waals surface area contributed by atoms with E-state index in [1.165, 1.54) is 32.9 Å². The summed E-state index contributed by atoms with van der Waals surface area (Å²) in [5.74, 6) is 3.78. The van der Waals surface area contributed by atoms with Crippen LogP contribution in [0.25, 0.3) is 66.8 Å². The number of ether oxygens (including phenoxy) is 1. The monoisotopic (exact) mass is 656 g/mol.